The number of halogens is 2. The molecule has 0 unspecified atom stereocenters. The summed E-state index contributed by atoms with van der Waals surface area (Å²) < 4.78 is 29.2. The number of benzene rings is 4. The number of phenols is 2. The molecule has 0 fully saturated rings. The number of ether oxygens (including phenoxy) is 4. The molecule has 4 aromatic rings. The summed E-state index contributed by atoms with van der Waals surface area (Å²) in [7, 11) is 0. The Morgan fingerprint density at radius 3 is 0.783 bits per heavy atom. The largest absolute Gasteiger partial charge is 0.508 e. The van der Waals surface area contributed by atoms with Crippen molar-refractivity contribution in [1.29, 1.82) is 0 Å². The Bertz CT molecular complexity index is 1570. The van der Waals surface area contributed by atoms with Gasteiger partial charge in [-0.3, -0.25) is 0 Å². The second-order valence-corrected chi connectivity index (χ2v) is 18.5. The Labute approximate surface area is 378 Å². The lowest BCUT2D eigenvalue weighted by Crippen LogP contribution is -2.11. The van der Waals surface area contributed by atoms with Crippen molar-refractivity contribution in [1.82, 2.24) is 0 Å². The highest BCUT2D eigenvalue weighted by molar-refractivity contribution is 9.10. The molecule has 0 aromatic heterocycles. The van der Waals surface area contributed by atoms with Crippen molar-refractivity contribution in [3.8, 4) is 34.5 Å². The highest BCUT2D eigenvalue weighted by atomic mass is 79.9. The fourth-order valence-corrected chi connectivity index (χ4v) is 9.43. The van der Waals surface area contributed by atoms with Crippen LogP contribution < -0.4 is 18.9 Å². The average molecular weight is 951 g/mol. The Balaban J connectivity index is 1.73. The lowest BCUT2D eigenvalue weighted by Gasteiger charge is -2.24. The zero-order chi connectivity index (χ0) is 42.7. The van der Waals surface area contributed by atoms with Crippen LogP contribution in [0.4, 0.5) is 0 Å². The second kappa shape index (κ2) is 25.5. The molecule has 2 N–H and O–H groups in total. The van der Waals surface area contributed by atoms with Gasteiger partial charge in [-0.1, -0.05) is 137 Å². The van der Waals surface area contributed by atoms with Gasteiger partial charge in [-0.05, 0) is 74.2 Å². The van der Waals surface area contributed by atoms with Gasteiger partial charge in [0.15, 0.2) is 0 Å². The fraction of sp³-hybridized carbons (Fsp3) is 0.538. The second-order valence-electron chi connectivity index (χ2n) is 16.6. The number of unbranched alkanes of at least 4 members (excludes halogenated alkanes) is 12. The Morgan fingerprint density at radius 2 is 0.567 bits per heavy atom. The molecule has 0 amide bonds. The predicted octanol–water partition coefficient (Wildman–Crippen LogP) is 15.1. The van der Waals surface area contributed by atoms with Crippen LogP contribution in [-0.4, -0.2) is 36.6 Å². The van der Waals surface area contributed by atoms with E-state index in [4.69, 9.17) is 18.9 Å². The van der Waals surface area contributed by atoms with E-state index in [0.717, 1.165) is 154 Å². The van der Waals surface area contributed by atoms with Crippen LogP contribution in [0.3, 0.4) is 0 Å². The van der Waals surface area contributed by atoms with E-state index in [2.05, 4.69) is 83.8 Å². The standard InChI is InChI=1S/C52H70Br2O6/c1-5-9-13-17-21-57-49-37-25-41-33-47(55)35-43(51(41)59-23-19-15-11-7-3)27-39-31-46(54)32-40(50(39)58-22-18-14-10-6-2)28-44-36-48(56)34-42(26-38(49)30-45(53)29-37)52(44)60-24-20-16-12-8-4/h29-36,55-56H,5-28H2,1-4H3. The summed E-state index contributed by atoms with van der Waals surface area (Å²) in [5.74, 6) is 3.73. The molecule has 0 saturated heterocycles. The topological polar surface area (TPSA) is 77.4 Å². The monoisotopic (exact) mass is 948 g/mol. The third-order valence-corrected chi connectivity index (χ3v) is 12.3. The fourth-order valence-electron chi connectivity index (χ4n) is 8.32. The number of rotatable bonds is 24. The Morgan fingerprint density at radius 1 is 0.350 bits per heavy atom. The maximum Gasteiger partial charge on any atom is 0.126 e. The molecule has 0 atom stereocenters. The summed E-state index contributed by atoms with van der Waals surface area (Å²) >= 11 is 7.75. The molecular weight excluding hydrogens is 880 g/mol. The third-order valence-electron chi connectivity index (χ3n) is 11.4. The first-order valence-electron chi connectivity index (χ1n) is 23.1. The maximum absolute atomic E-state index is 11.4. The summed E-state index contributed by atoms with van der Waals surface area (Å²) in [6.45, 7) is 11.3. The van der Waals surface area contributed by atoms with Crippen LogP contribution in [0.5, 0.6) is 34.5 Å². The molecule has 0 radical (unpaired) electrons. The van der Waals surface area contributed by atoms with Crippen LogP contribution in [0.25, 0.3) is 0 Å². The van der Waals surface area contributed by atoms with E-state index in [1.807, 2.05) is 24.3 Å². The molecule has 1 aliphatic rings. The lowest BCUT2D eigenvalue weighted by atomic mass is 9.91. The first kappa shape index (κ1) is 47.7. The molecule has 8 heteroatoms. The summed E-state index contributed by atoms with van der Waals surface area (Å²) in [5, 5.41) is 22.9. The van der Waals surface area contributed by atoms with Crippen molar-refractivity contribution in [3.05, 3.63) is 102 Å². The molecule has 1 aliphatic carbocycles. The molecule has 8 bridgehead atoms. The number of aromatic hydroxyl groups is 2. The first-order chi connectivity index (χ1) is 29.2. The minimum atomic E-state index is 0.208. The van der Waals surface area contributed by atoms with Crippen molar-refractivity contribution in [2.75, 3.05) is 26.4 Å². The molecule has 60 heavy (non-hydrogen) atoms. The summed E-state index contributed by atoms with van der Waals surface area (Å²) in [4.78, 5) is 0. The Kier molecular flexibility index (Phi) is 20.3. The van der Waals surface area contributed by atoms with Gasteiger partial charge in [0.05, 0.1) is 26.4 Å². The van der Waals surface area contributed by atoms with Gasteiger partial charge in [-0.15, -0.1) is 0 Å². The van der Waals surface area contributed by atoms with Crippen molar-refractivity contribution < 1.29 is 29.2 Å². The minimum Gasteiger partial charge on any atom is -0.508 e. The van der Waals surface area contributed by atoms with Crippen LogP contribution in [0, 0.1) is 0 Å². The van der Waals surface area contributed by atoms with Gasteiger partial charge in [0, 0.05) is 79.1 Å². The van der Waals surface area contributed by atoms with Crippen molar-refractivity contribution in [2.24, 2.45) is 0 Å². The molecule has 6 nitrogen and oxygen atoms in total. The van der Waals surface area contributed by atoms with E-state index in [0.29, 0.717) is 52.1 Å². The van der Waals surface area contributed by atoms with E-state index in [-0.39, 0.29) is 11.5 Å². The zero-order valence-electron chi connectivity index (χ0n) is 36.9. The van der Waals surface area contributed by atoms with Crippen LogP contribution in [0.1, 0.15) is 175 Å². The lowest BCUT2D eigenvalue weighted by molar-refractivity contribution is 0.293. The number of hydrogen-bond donors (Lipinski definition) is 2. The third kappa shape index (κ3) is 14.4. The van der Waals surface area contributed by atoms with Crippen LogP contribution >= 0.6 is 31.9 Å². The maximum atomic E-state index is 11.4. The predicted molar refractivity (Wildman–Crippen MR) is 254 cm³/mol. The number of hydrogen-bond acceptors (Lipinski definition) is 6. The van der Waals surface area contributed by atoms with Gasteiger partial charge in [-0.25, -0.2) is 0 Å². The summed E-state index contributed by atoms with van der Waals surface area (Å²) in [6.07, 6.45) is 19.6. The van der Waals surface area contributed by atoms with Gasteiger partial charge < -0.3 is 29.2 Å². The van der Waals surface area contributed by atoms with Gasteiger partial charge in [-0.2, -0.15) is 0 Å². The van der Waals surface area contributed by atoms with Crippen molar-refractivity contribution >= 4 is 31.9 Å². The van der Waals surface area contributed by atoms with E-state index in [9.17, 15) is 10.2 Å². The molecule has 0 aliphatic heterocycles. The van der Waals surface area contributed by atoms with Gasteiger partial charge in [0.25, 0.3) is 0 Å². The van der Waals surface area contributed by atoms with Gasteiger partial charge in [0.1, 0.15) is 34.5 Å². The van der Waals surface area contributed by atoms with Gasteiger partial charge >= 0.3 is 0 Å². The molecule has 328 valence electrons. The molecule has 0 heterocycles. The van der Waals surface area contributed by atoms with E-state index in [1.165, 1.54) is 25.7 Å². The molecule has 4 aromatic carbocycles. The highest BCUT2D eigenvalue weighted by Gasteiger charge is 2.24. The molecule has 0 saturated carbocycles. The van der Waals surface area contributed by atoms with Crippen LogP contribution in [0.15, 0.2) is 57.5 Å². The summed E-state index contributed by atoms with van der Waals surface area (Å²) in [5.41, 5.74) is 7.72. The summed E-state index contributed by atoms with van der Waals surface area (Å²) in [6, 6.07) is 16.0. The average Bonchev–Trinajstić information content (AvgIpc) is 3.20. The van der Waals surface area contributed by atoms with Crippen LogP contribution in [-0.2, 0) is 25.7 Å². The SMILES string of the molecule is CCCCCCOc1c2cc(O)cc1Cc1cc(Br)cc(c1OCCCCCC)Cc1cc(O)cc(c1OCCCCCC)Cc1cc(Br)cc(c1OCCCCCC)C2. The van der Waals surface area contributed by atoms with Crippen molar-refractivity contribution in [2.45, 2.75) is 156 Å². The zero-order valence-corrected chi connectivity index (χ0v) is 40.0. The highest BCUT2D eigenvalue weighted by Crippen LogP contribution is 2.43. The molecule has 0 spiro atoms. The number of phenolic OH excluding ortho intramolecular Hbond substituents is 2. The van der Waals surface area contributed by atoms with Gasteiger partial charge in [0.2, 0.25) is 0 Å². The Hall–Kier alpha value is -3.36. The quantitative estimate of drug-likeness (QED) is 0.0600. The minimum absolute atomic E-state index is 0.208. The van der Waals surface area contributed by atoms with Crippen molar-refractivity contribution in [3.63, 3.8) is 0 Å². The smallest absolute Gasteiger partial charge is 0.126 e. The molecular formula is C52H70Br2O6. The van der Waals surface area contributed by atoms with Crippen LogP contribution in [0.2, 0.25) is 0 Å². The van der Waals surface area contributed by atoms with E-state index in [1.54, 1.807) is 0 Å². The molecule has 5 rings (SSSR count). The van der Waals surface area contributed by atoms with E-state index < -0.39 is 0 Å². The first-order valence-corrected chi connectivity index (χ1v) is 24.7. The van der Waals surface area contributed by atoms with E-state index >= 15 is 0 Å². The normalized spacial score (nSPS) is 12.4. The number of fused-ring (bicyclic) bond motifs is 8.